The van der Waals surface area contributed by atoms with Crippen LogP contribution < -0.4 is 14.9 Å². The zero-order valence-electron chi connectivity index (χ0n) is 16.6. The molecule has 154 valence electrons. The number of rotatable bonds is 5. The third-order valence-electron chi connectivity index (χ3n) is 5.70. The maximum atomic E-state index is 13.1. The number of carbonyl (C=O) groups excluding carboxylic acids is 1. The van der Waals surface area contributed by atoms with Crippen LogP contribution in [0, 0.1) is 0 Å². The van der Waals surface area contributed by atoms with Gasteiger partial charge in [-0.15, -0.1) is 0 Å². The summed E-state index contributed by atoms with van der Waals surface area (Å²) in [7, 11) is -3.65. The molecule has 0 bridgehead atoms. The second-order valence-electron chi connectivity index (χ2n) is 7.69. The Labute approximate surface area is 172 Å². The molecule has 0 aromatic heterocycles. The average Bonchev–Trinajstić information content (AvgIpc) is 3.15. The molecule has 4 rings (SSSR count). The summed E-state index contributed by atoms with van der Waals surface area (Å²) < 4.78 is 29.0. The number of carbonyl (C=O) groups is 1. The standard InChI is InChI=1S/C22H27N3O3S/c1-2-13-23-22(26)25-14-12-17-15-18(10-11-21(17)25)29(27,28)24-20-9-5-7-16-6-3-4-8-19(16)20/h3-4,6,8,10-11,15,20,24H,2,5,7,9,12-14H2,1H3,(H,23,26). The molecule has 0 saturated carbocycles. The molecule has 1 unspecified atom stereocenters. The number of nitrogens with one attached hydrogen (secondary N) is 2. The van der Waals surface area contributed by atoms with E-state index >= 15 is 0 Å². The van der Waals surface area contributed by atoms with Gasteiger partial charge in [0.1, 0.15) is 0 Å². The third-order valence-corrected chi connectivity index (χ3v) is 7.16. The first-order valence-corrected chi connectivity index (χ1v) is 11.8. The molecule has 2 aromatic carbocycles. The number of aryl methyl sites for hydroxylation is 1. The Hall–Kier alpha value is -2.38. The molecule has 0 radical (unpaired) electrons. The molecule has 2 N–H and O–H groups in total. The Morgan fingerprint density at radius 2 is 1.97 bits per heavy atom. The van der Waals surface area contributed by atoms with Crippen LogP contribution in [-0.4, -0.2) is 27.5 Å². The van der Waals surface area contributed by atoms with Crippen LogP contribution in [-0.2, 0) is 22.9 Å². The van der Waals surface area contributed by atoms with Gasteiger partial charge in [0, 0.05) is 24.8 Å². The number of benzene rings is 2. The Bertz CT molecular complexity index is 1020. The highest BCUT2D eigenvalue weighted by atomic mass is 32.2. The predicted octanol–water partition coefficient (Wildman–Crippen LogP) is 3.52. The summed E-state index contributed by atoms with van der Waals surface area (Å²) in [6, 6.07) is 12.8. The zero-order valence-corrected chi connectivity index (χ0v) is 17.5. The summed E-state index contributed by atoms with van der Waals surface area (Å²) in [5.74, 6) is 0. The van der Waals surface area contributed by atoms with Gasteiger partial charge in [-0.25, -0.2) is 17.9 Å². The molecule has 1 aliphatic carbocycles. The minimum absolute atomic E-state index is 0.127. The average molecular weight is 414 g/mol. The maximum Gasteiger partial charge on any atom is 0.321 e. The highest BCUT2D eigenvalue weighted by molar-refractivity contribution is 7.89. The first-order chi connectivity index (χ1) is 14.0. The first-order valence-electron chi connectivity index (χ1n) is 10.3. The van der Waals surface area contributed by atoms with Crippen LogP contribution in [0.15, 0.2) is 47.4 Å². The number of hydrogen-bond donors (Lipinski definition) is 2. The van der Waals surface area contributed by atoms with E-state index in [-0.39, 0.29) is 17.0 Å². The fourth-order valence-corrected chi connectivity index (χ4v) is 5.52. The van der Waals surface area contributed by atoms with Crippen LogP contribution in [0.3, 0.4) is 0 Å². The summed E-state index contributed by atoms with van der Waals surface area (Å²) in [5, 5.41) is 2.88. The van der Waals surface area contributed by atoms with Crippen molar-refractivity contribution in [2.45, 2.75) is 50.0 Å². The molecule has 1 heterocycles. The SMILES string of the molecule is CCCNC(=O)N1CCc2cc(S(=O)(=O)NC3CCCc4ccccc43)ccc21. The van der Waals surface area contributed by atoms with Crippen molar-refractivity contribution in [2.24, 2.45) is 0 Å². The normalized spacial score (nSPS) is 18.2. The number of fused-ring (bicyclic) bond motifs is 2. The Morgan fingerprint density at radius 1 is 1.14 bits per heavy atom. The molecule has 0 saturated heterocycles. The van der Waals surface area contributed by atoms with Gasteiger partial charge in [-0.2, -0.15) is 0 Å². The molecular weight excluding hydrogens is 386 g/mol. The minimum Gasteiger partial charge on any atom is -0.338 e. The van der Waals surface area contributed by atoms with Gasteiger partial charge in [-0.3, -0.25) is 4.90 Å². The number of hydrogen-bond acceptors (Lipinski definition) is 3. The Balaban J connectivity index is 1.54. The summed E-state index contributed by atoms with van der Waals surface area (Å²) in [6.45, 7) is 3.20. The van der Waals surface area contributed by atoms with Crippen LogP contribution >= 0.6 is 0 Å². The topological polar surface area (TPSA) is 78.5 Å². The van der Waals surface area contributed by atoms with Gasteiger partial charge in [0.2, 0.25) is 10.0 Å². The van der Waals surface area contributed by atoms with Crippen LogP contribution in [0.5, 0.6) is 0 Å². The molecule has 0 fully saturated rings. The van der Waals surface area contributed by atoms with Crippen LogP contribution in [0.25, 0.3) is 0 Å². The Kier molecular flexibility index (Phi) is 5.61. The van der Waals surface area contributed by atoms with Crippen molar-refractivity contribution in [1.29, 1.82) is 0 Å². The van der Waals surface area contributed by atoms with Crippen molar-refractivity contribution >= 4 is 21.7 Å². The van der Waals surface area contributed by atoms with Crippen LogP contribution in [0.2, 0.25) is 0 Å². The summed E-state index contributed by atoms with van der Waals surface area (Å²) in [4.78, 5) is 14.3. The van der Waals surface area contributed by atoms with Gasteiger partial charge in [0.15, 0.2) is 0 Å². The molecule has 0 spiro atoms. The summed E-state index contributed by atoms with van der Waals surface area (Å²) in [6.07, 6.45) is 4.29. The van der Waals surface area contributed by atoms with Gasteiger partial charge in [-0.1, -0.05) is 31.2 Å². The molecule has 1 atom stereocenters. The largest absolute Gasteiger partial charge is 0.338 e. The minimum atomic E-state index is -3.65. The lowest BCUT2D eigenvalue weighted by Gasteiger charge is -2.26. The van der Waals surface area contributed by atoms with Crippen molar-refractivity contribution in [2.75, 3.05) is 18.0 Å². The van der Waals surface area contributed by atoms with E-state index in [1.54, 1.807) is 23.1 Å². The lowest BCUT2D eigenvalue weighted by Crippen LogP contribution is -2.39. The molecule has 2 amide bonds. The Morgan fingerprint density at radius 3 is 2.79 bits per heavy atom. The third kappa shape index (κ3) is 4.02. The van der Waals surface area contributed by atoms with Crippen LogP contribution in [0.1, 0.15) is 48.9 Å². The zero-order chi connectivity index (χ0) is 20.4. The predicted molar refractivity (Wildman–Crippen MR) is 114 cm³/mol. The van der Waals surface area contributed by atoms with E-state index < -0.39 is 10.0 Å². The molecule has 2 aliphatic rings. The monoisotopic (exact) mass is 413 g/mol. The van der Waals surface area contributed by atoms with E-state index in [4.69, 9.17) is 0 Å². The number of urea groups is 1. The number of anilines is 1. The molecule has 2 aromatic rings. The summed E-state index contributed by atoms with van der Waals surface area (Å²) in [5.41, 5.74) is 3.97. The van der Waals surface area contributed by atoms with Crippen molar-refractivity contribution in [3.63, 3.8) is 0 Å². The number of nitrogens with zero attached hydrogens (tertiary/aromatic N) is 1. The van der Waals surface area contributed by atoms with Gasteiger partial charge < -0.3 is 5.32 Å². The lowest BCUT2D eigenvalue weighted by molar-refractivity contribution is 0.247. The molecule has 29 heavy (non-hydrogen) atoms. The van der Waals surface area contributed by atoms with E-state index in [0.717, 1.165) is 42.5 Å². The molecular formula is C22H27N3O3S. The maximum absolute atomic E-state index is 13.1. The van der Waals surface area contributed by atoms with Crippen molar-refractivity contribution < 1.29 is 13.2 Å². The van der Waals surface area contributed by atoms with Gasteiger partial charge in [-0.05, 0) is 67.0 Å². The number of sulfonamides is 1. The quantitative estimate of drug-likeness (QED) is 0.787. The molecule has 1 aliphatic heterocycles. The van der Waals surface area contributed by atoms with Crippen molar-refractivity contribution in [3.8, 4) is 0 Å². The highest BCUT2D eigenvalue weighted by Gasteiger charge is 2.29. The van der Waals surface area contributed by atoms with Crippen LogP contribution in [0.4, 0.5) is 10.5 Å². The smallest absolute Gasteiger partial charge is 0.321 e. The van der Waals surface area contributed by atoms with E-state index in [1.807, 2.05) is 25.1 Å². The number of amides is 2. The van der Waals surface area contributed by atoms with E-state index in [0.29, 0.717) is 19.5 Å². The summed E-state index contributed by atoms with van der Waals surface area (Å²) >= 11 is 0. The van der Waals surface area contributed by atoms with Gasteiger partial charge in [0.25, 0.3) is 0 Å². The fourth-order valence-electron chi connectivity index (χ4n) is 4.22. The van der Waals surface area contributed by atoms with E-state index in [2.05, 4.69) is 16.1 Å². The fraction of sp³-hybridized carbons (Fsp3) is 0.409. The molecule has 7 heteroatoms. The lowest BCUT2D eigenvalue weighted by atomic mass is 9.88. The second-order valence-corrected chi connectivity index (χ2v) is 9.40. The van der Waals surface area contributed by atoms with Crippen molar-refractivity contribution in [1.82, 2.24) is 10.0 Å². The molecule has 6 nitrogen and oxygen atoms in total. The van der Waals surface area contributed by atoms with Crippen molar-refractivity contribution in [3.05, 3.63) is 59.2 Å². The second kappa shape index (κ2) is 8.16. The van der Waals surface area contributed by atoms with Gasteiger partial charge in [0.05, 0.1) is 4.90 Å². The van der Waals surface area contributed by atoms with E-state index in [1.165, 1.54) is 5.56 Å². The van der Waals surface area contributed by atoms with E-state index in [9.17, 15) is 13.2 Å². The first kappa shape index (κ1) is 19.9. The van der Waals surface area contributed by atoms with Gasteiger partial charge >= 0.3 is 6.03 Å². The highest BCUT2D eigenvalue weighted by Crippen LogP contribution is 2.33.